The van der Waals surface area contributed by atoms with Gasteiger partial charge >= 0.3 is 6.18 Å². The second-order valence-electron chi connectivity index (χ2n) is 2.94. The van der Waals surface area contributed by atoms with Crippen LogP contribution in [0.25, 0.3) is 11.4 Å². The van der Waals surface area contributed by atoms with E-state index in [2.05, 4.69) is 14.7 Å². The summed E-state index contributed by atoms with van der Waals surface area (Å²) in [7, 11) is 0. The summed E-state index contributed by atoms with van der Waals surface area (Å²) in [6.07, 6.45) is -3.77. The van der Waals surface area contributed by atoms with E-state index in [4.69, 9.17) is 0 Å². The molecule has 0 aliphatic heterocycles. The van der Waals surface area contributed by atoms with Gasteiger partial charge in [-0.3, -0.25) is 0 Å². The Hall–Kier alpha value is -1.92. The lowest BCUT2D eigenvalue weighted by atomic mass is 10.1. The topological polar surface area (TPSA) is 38.9 Å². The van der Waals surface area contributed by atoms with Crippen LogP contribution in [0.15, 0.2) is 29.1 Å². The number of alkyl halides is 3. The molecule has 0 aliphatic rings. The second-order valence-corrected chi connectivity index (χ2v) is 2.94. The fraction of sp³-hybridized carbons (Fsp3) is 0.111. The number of rotatable bonds is 1. The van der Waals surface area contributed by atoms with Gasteiger partial charge in [-0.15, -0.1) is 0 Å². The van der Waals surface area contributed by atoms with Crippen LogP contribution < -0.4 is 0 Å². The number of hydrogen-bond acceptors (Lipinski definition) is 3. The van der Waals surface area contributed by atoms with Crippen LogP contribution in [0.2, 0.25) is 0 Å². The highest BCUT2D eigenvalue weighted by Gasteiger charge is 2.35. The molecular weight excluding hydrogens is 228 g/mol. The summed E-state index contributed by atoms with van der Waals surface area (Å²) in [6, 6.07) is 2.26. The van der Waals surface area contributed by atoms with Crippen molar-refractivity contribution in [2.24, 2.45) is 0 Å². The van der Waals surface area contributed by atoms with E-state index in [0.717, 1.165) is 18.5 Å². The van der Waals surface area contributed by atoms with Gasteiger partial charge in [0.2, 0.25) is 12.2 Å². The van der Waals surface area contributed by atoms with Crippen molar-refractivity contribution in [3.05, 3.63) is 36.0 Å². The van der Waals surface area contributed by atoms with Crippen LogP contribution in [0.3, 0.4) is 0 Å². The van der Waals surface area contributed by atoms with Crippen molar-refractivity contribution < 1.29 is 22.1 Å². The fourth-order valence-electron chi connectivity index (χ4n) is 1.24. The Kier molecular flexibility index (Phi) is 2.37. The van der Waals surface area contributed by atoms with Gasteiger partial charge in [0, 0.05) is 5.56 Å². The van der Waals surface area contributed by atoms with Gasteiger partial charge < -0.3 is 4.52 Å². The van der Waals surface area contributed by atoms with Gasteiger partial charge in [-0.25, -0.2) is 4.39 Å². The van der Waals surface area contributed by atoms with Crippen LogP contribution in [-0.2, 0) is 6.18 Å². The van der Waals surface area contributed by atoms with Gasteiger partial charge in [0.25, 0.3) is 0 Å². The molecule has 0 radical (unpaired) electrons. The van der Waals surface area contributed by atoms with Gasteiger partial charge in [-0.2, -0.15) is 18.2 Å². The van der Waals surface area contributed by atoms with E-state index < -0.39 is 17.6 Å². The molecule has 1 aromatic heterocycles. The van der Waals surface area contributed by atoms with Crippen molar-refractivity contribution in [2.45, 2.75) is 6.18 Å². The van der Waals surface area contributed by atoms with E-state index >= 15 is 0 Å². The molecule has 3 nitrogen and oxygen atoms in total. The van der Waals surface area contributed by atoms with Crippen LogP contribution in [-0.4, -0.2) is 10.1 Å². The molecule has 7 heteroatoms. The molecule has 0 saturated heterocycles. The zero-order valence-corrected chi connectivity index (χ0v) is 7.62. The molecule has 0 atom stereocenters. The lowest BCUT2D eigenvalue weighted by molar-refractivity contribution is -0.137. The average Bonchev–Trinajstić information content (AvgIpc) is 2.69. The molecule has 1 heterocycles. The molecule has 0 bridgehead atoms. The highest BCUT2D eigenvalue weighted by Crippen LogP contribution is 2.36. The first-order valence-electron chi connectivity index (χ1n) is 4.12. The van der Waals surface area contributed by atoms with Crippen LogP contribution in [0.4, 0.5) is 17.6 Å². The normalized spacial score (nSPS) is 11.8. The van der Waals surface area contributed by atoms with Crippen molar-refractivity contribution in [3.8, 4) is 11.4 Å². The lowest BCUT2D eigenvalue weighted by Gasteiger charge is -2.10. The number of nitrogens with zero attached hydrogens (tertiary/aromatic N) is 2. The molecule has 84 valence electrons. The predicted molar refractivity (Wildman–Crippen MR) is 44.7 cm³/mol. The largest absolute Gasteiger partial charge is 0.417 e. The molecule has 16 heavy (non-hydrogen) atoms. The number of halogens is 4. The summed E-state index contributed by atoms with van der Waals surface area (Å²) in [6.45, 7) is 0. The number of aromatic nitrogens is 2. The summed E-state index contributed by atoms with van der Waals surface area (Å²) in [4.78, 5) is 3.49. The van der Waals surface area contributed by atoms with E-state index in [9.17, 15) is 17.6 Å². The number of benzene rings is 1. The van der Waals surface area contributed by atoms with Crippen LogP contribution in [0.5, 0.6) is 0 Å². The molecule has 0 amide bonds. The van der Waals surface area contributed by atoms with Gasteiger partial charge in [0.05, 0.1) is 5.56 Å². The minimum absolute atomic E-state index is 0.229. The van der Waals surface area contributed by atoms with Crippen LogP contribution >= 0.6 is 0 Å². The first kappa shape index (κ1) is 10.6. The van der Waals surface area contributed by atoms with Crippen molar-refractivity contribution >= 4 is 0 Å². The first-order chi connectivity index (χ1) is 7.48. The smallest absolute Gasteiger partial charge is 0.342 e. The van der Waals surface area contributed by atoms with Crippen LogP contribution in [0, 0.1) is 5.82 Å². The minimum Gasteiger partial charge on any atom is -0.342 e. The Morgan fingerprint density at radius 1 is 1.19 bits per heavy atom. The molecule has 1 aromatic carbocycles. The molecule has 2 rings (SSSR count). The molecule has 0 spiro atoms. The summed E-state index contributed by atoms with van der Waals surface area (Å²) < 4.78 is 54.8. The van der Waals surface area contributed by atoms with E-state index in [-0.39, 0.29) is 11.4 Å². The third-order valence-corrected chi connectivity index (χ3v) is 1.89. The predicted octanol–water partition coefficient (Wildman–Crippen LogP) is 2.89. The minimum atomic E-state index is -4.67. The molecule has 0 unspecified atom stereocenters. The van der Waals surface area contributed by atoms with Gasteiger partial charge in [0.15, 0.2) is 0 Å². The van der Waals surface area contributed by atoms with Gasteiger partial charge in [-0.05, 0) is 18.2 Å². The standard InChI is InChI=1S/C9H4F4N2O/c10-5-1-2-6(8-14-4-16-15-8)7(3-5)9(11,12)13/h1-4H. The SMILES string of the molecule is Fc1ccc(-c2ncon2)c(C(F)(F)F)c1. The maximum Gasteiger partial charge on any atom is 0.417 e. The zero-order chi connectivity index (χ0) is 11.8. The molecule has 0 N–H and O–H groups in total. The molecule has 2 aromatic rings. The molecule has 0 fully saturated rings. The lowest BCUT2D eigenvalue weighted by Crippen LogP contribution is -2.08. The second kappa shape index (κ2) is 3.58. The summed E-state index contributed by atoms with van der Waals surface area (Å²) in [5.74, 6) is -1.20. The Morgan fingerprint density at radius 2 is 1.94 bits per heavy atom. The molecule has 0 saturated carbocycles. The van der Waals surface area contributed by atoms with E-state index in [0.29, 0.717) is 6.07 Å². The summed E-state index contributed by atoms with van der Waals surface area (Å²) in [5, 5.41) is 3.28. The van der Waals surface area contributed by atoms with Crippen molar-refractivity contribution in [2.75, 3.05) is 0 Å². The Balaban J connectivity index is 2.62. The quantitative estimate of drug-likeness (QED) is 0.709. The zero-order valence-electron chi connectivity index (χ0n) is 7.62. The third kappa shape index (κ3) is 1.88. The third-order valence-electron chi connectivity index (χ3n) is 1.89. The van der Waals surface area contributed by atoms with E-state index in [1.807, 2.05) is 0 Å². The Morgan fingerprint density at radius 3 is 2.50 bits per heavy atom. The average molecular weight is 232 g/mol. The van der Waals surface area contributed by atoms with E-state index in [1.54, 1.807) is 0 Å². The van der Waals surface area contributed by atoms with Gasteiger partial charge in [-0.1, -0.05) is 5.16 Å². The monoisotopic (exact) mass is 232 g/mol. The van der Waals surface area contributed by atoms with Crippen molar-refractivity contribution in [1.82, 2.24) is 10.1 Å². The number of hydrogen-bond donors (Lipinski definition) is 0. The summed E-state index contributed by atoms with van der Waals surface area (Å²) in [5.41, 5.74) is -1.45. The van der Waals surface area contributed by atoms with E-state index in [1.165, 1.54) is 0 Å². The first-order valence-corrected chi connectivity index (χ1v) is 4.12. The molecule has 0 aliphatic carbocycles. The highest BCUT2D eigenvalue weighted by molar-refractivity contribution is 5.60. The maximum atomic E-state index is 12.8. The Labute approximate surface area is 86.7 Å². The van der Waals surface area contributed by atoms with Gasteiger partial charge in [0.1, 0.15) is 5.82 Å². The van der Waals surface area contributed by atoms with Crippen molar-refractivity contribution in [1.29, 1.82) is 0 Å². The molecular formula is C9H4F4N2O. The van der Waals surface area contributed by atoms with Crippen molar-refractivity contribution in [3.63, 3.8) is 0 Å². The maximum absolute atomic E-state index is 12.8. The Bertz CT molecular complexity index is 493. The summed E-state index contributed by atoms with van der Waals surface area (Å²) >= 11 is 0. The fourth-order valence-corrected chi connectivity index (χ4v) is 1.24. The van der Waals surface area contributed by atoms with Crippen LogP contribution in [0.1, 0.15) is 5.56 Å². The highest BCUT2D eigenvalue weighted by atomic mass is 19.4.